The highest BCUT2D eigenvalue weighted by Crippen LogP contribution is 2.23. The second-order valence-electron chi connectivity index (χ2n) is 5.03. The first-order valence-electron chi connectivity index (χ1n) is 6.27. The van der Waals surface area contributed by atoms with Gasteiger partial charge in [0.15, 0.2) is 0 Å². The molecule has 96 valence electrons. The van der Waals surface area contributed by atoms with Gasteiger partial charge < -0.3 is 10.4 Å². The van der Waals surface area contributed by atoms with Crippen LogP contribution in [0.5, 0.6) is 0 Å². The molecular weight excluding hydrogens is 220 g/mol. The molecule has 3 unspecified atom stereocenters. The van der Waals surface area contributed by atoms with Crippen LogP contribution in [-0.2, 0) is 0 Å². The number of nitrogens with one attached hydrogen (secondary N) is 1. The van der Waals surface area contributed by atoms with Crippen LogP contribution >= 0.6 is 11.8 Å². The summed E-state index contributed by atoms with van der Waals surface area (Å²) in [5, 5.41) is 13.9. The third-order valence-corrected chi connectivity index (χ3v) is 4.56. The monoisotopic (exact) mass is 246 g/mol. The summed E-state index contributed by atoms with van der Waals surface area (Å²) in [6, 6.07) is 1.02. The fraction of sp³-hybridized carbons (Fsp3) is 1.00. The van der Waals surface area contributed by atoms with Crippen molar-refractivity contribution in [2.24, 2.45) is 0 Å². The molecule has 1 heterocycles. The van der Waals surface area contributed by atoms with Gasteiger partial charge >= 0.3 is 0 Å². The molecule has 1 rings (SSSR count). The van der Waals surface area contributed by atoms with Gasteiger partial charge in [0.25, 0.3) is 0 Å². The Morgan fingerprint density at radius 1 is 1.44 bits per heavy atom. The number of aliphatic hydroxyl groups excluding tert-OH is 1. The number of hydrogen-bond donors (Lipinski definition) is 2. The minimum absolute atomic E-state index is 0.250. The molecule has 3 nitrogen and oxygen atoms in total. The Morgan fingerprint density at radius 2 is 2.12 bits per heavy atom. The van der Waals surface area contributed by atoms with Crippen LogP contribution in [0.1, 0.15) is 27.7 Å². The van der Waals surface area contributed by atoms with E-state index < -0.39 is 0 Å². The highest BCUT2D eigenvalue weighted by atomic mass is 32.2. The lowest BCUT2D eigenvalue weighted by atomic mass is 10.2. The fourth-order valence-corrected chi connectivity index (χ4v) is 3.12. The molecule has 0 saturated carbocycles. The second-order valence-corrected chi connectivity index (χ2v) is 6.51. The largest absolute Gasteiger partial charge is 0.390 e. The number of thioether (sulfide) groups is 1. The van der Waals surface area contributed by atoms with Crippen molar-refractivity contribution in [3.63, 3.8) is 0 Å². The van der Waals surface area contributed by atoms with E-state index in [9.17, 15) is 5.11 Å². The van der Waals surface area contributed by atoms with Crippen molar-refractivity contribution in [1.29, 1.82) is 0 Å². The van der Waals surface area contributed by atoms with E-state index in [0.717, 1.165) is 13.1 Å². The molecule has 1 saturated heterocycles. The van der Waals surface area contributed by atoms with Gasteiger partial charge in [-0.05, 0) is 6.92 Å². The summed E-state index contributed by atoms with van der Waals surface area (Å²) in [5.41, 5.74) is 0. The number of aliphatic hydroxyl groups is 1. The Kier molecular flexibility index (Phi) is 6.11. The molecule has 0 aromatic rings. The zero-order valence-corrected chi connectivity index (χ0v) is 11.8. The predicted molar refractivity (Wildman–Crippen MR) is 72.1 cm³/mol. The summed E-state index contributed by atoms with van der Waals surface area (Å²) in [6.07, 6.45) is -0.250. The first kappa shape index (κ1) is 14.3. The highest BCUT2D eigenvalue weighted by molar-refractivity contribution is 8.00. The molecule has 0 aliphatic carbocycles. The minimum atomic E-state index is -0.250. The van der Waals surface area contributed by atoms with Crippen molar-refractivity contribution in [2.45, 2.75) is 51.1 Å². The van der Waals surface area contributed by atoms with Crippen LogP contribution in [0, 0.1) is 0 Å². The van der Waals surface area contributed by atoms with Gasteiger partial charge in [0.2, 0.25) is 0 Å². The van der Waals surface area contributed by atoms with Crippen molar-refractivity contribution in [2.75, 3.05) is 25.4 Å². The Labute approximate surface area is 104 Å². The fourth-order valence-electron chi connectivity index (χ4n) is 1.96. The average molecular weight is 246 g/mol. The van der Waals surface area contributed by atoms with Gasteiger partial charge in [-0.15, -0.1) is 0 Å². The van der Waals surface area contributed by atoms with E-state index in [1.165, 1.54) is 5.75 Å². The molecule has 4 heteroatoms. The Hall–Kier alpha value is 0.230. The molecule has 3 atom stereocenters. The zero-order valence-electron chi connectivity index (χ0n) is 10.9. The molecule has 1 fully saturated rings. The van der Waals surface area contributed by atoms with E-state index in [4.69, 9.17) is 0 Å². The summed E-state index contributed by atoms with van der Waals surface area (Å²) in [7, 11) is 0. The van der Waals surface area contributed by atoms with Crippen molar-refractivity contribution in [1.82, 2.24) is 10.2 Å². The van der Waals surface area contributed by atoms with Crippen molar-refractivity contribution >= 4 is 11.8 Å². The lowest BCUT2D eigenvalue weighted by Crippen LogP contribution is -2.49. The maximum absolute atomic E-state index is 9.94. The molecule has 0 radical (unpaired) electrons. The average Bonchev–Trinajstić information content (AvgIpc) is 2.22. The maximum atomic E-state index is 9.94. The van der Waals surface area contributed by atoms with Crippen LogP contribution in [0.3, 0.4) is 0 Å². The number of nitrogens with zero attached hydrogens (tertiary/aromatic N) is 1. The van der Waals surface area contributed by atoms with Gasteiger partial charge in [0.05, 0.1) is 6.10 Å². The standard InChI is InChI=1S/C12H26N2OS/c1-9(2)13-7-12(15)8-14-5-6-16-11(4)10(14)3/h9-13,15H,5-8H2,1-4H3. The van der Waals surface area contributed by atoms with Gasteiger partial charge in [-0.25, -0.2) is 0 Å². The summed E-state index contributed by atoms with van der Waals surface area (Å²) in [4.78, 5) is 2.41. The van der Waals surface area contributed by atoms with E-state index >= 15 is 0 Å². The van der Waals surface area contributed by atoms with Gasteiger partial charge in [0, 0.05) is 42.7 Å². The number of rotatable bonds is 5. The quantitative estimate of drug-likeness (QED) is 0.763. The Bertz CT molecular complexity index is 201. The van der Waals surface area contributed by atoms with Crippen molar-refractivity contribution < 1.29 is 5.11 Å². The van der Waals surface area contributed by atoms with Crippen molar-refractivity contribution in [3.05, 3.63) is 0 Å². The molecular formula is C12H26N2OS. The molecule has 16 heavy (non-hydrogen) atoms. The van der Waals surface area contributed by atoms with Gasteiger partial charge in [-0.1, -0.05) is 20.8 Å². The lowest BCUT2D eigenvalue weighted by molar-refractivity contribution is 0.0908. The molecule has 1 aliphatic rings. The second kappa shape index (κ2) is 6.84. The summed E-state index contributed by atoms with van der Waals surface area (Å²) in [5.74, 6) is 1.19. The molecule has 1 aliphatic heterocycles. The van der Waals surface area contributed by atoms with Crippen LogP contribution in [0.25, 0.3) is 0 Å². The lowest BCUT2D eigenvalue weighted by Gasteiger charge is -2.38. The van der Waals surface area contributed by atoms with Crippen molar-refractivity contribution in [3.8, 4) is 0 Å². The molecule has 0 aromatic heterocycles. The first-order chi connectivity index (χ1) is 7.50. The third kappa shape index (κ3) is 4.62. The third-order valence-electron chi connectivity index (χ3n) is 3.22. The molecule has 0 amide bonds. The van der Waals surface area contributed by atoms with Crippen LogP contribution in [0.4, 0.5) is 0 Å². The SMILES string of the molecule is CC(C)NCC(O)CN1CCSC(C)C1C. The molecule has 0 bridgehead atoms. The summed E-state index contributed by atoms with van der Waals surface area (Å²) >= 11 is 2.04. The molecule has 0 aromatic carbocycles. The van der Waals surface area contributed by atoms with E-state index in [2.05, 4.69) is 37.9 Å². The van der Waals surface area contributed by atoms with E-state index in [1.807, 2.05) is 11.8 Å². The number of hydrogen-bond acceptors (Lipinski definition) is 4. The smallest absolute Gasteiger partial charge is 0.0791 e. The van der Waals surface area contributed by atoms with Crippen LogP contribution in [0.2, 0.25) is 0 Å². The molecule has 0 spiro atoms. The summed E-state index contributed by atoms with van der Waals surface area (Å²) in [6.45, 7) is 11.4. The van der Waals surface area contributed by atoms with Gasteiger partial charge in [0.1, 0.15) is 0 Å². The van der Waals surface area contributed by atoms with E-state index in [0.29, 0.717) is 23.9 Å². The Balaban J connectivity index is 2.29. The van der Waals surface area contributed by atoms with Crippen LogP contribution in [0.15, 0.2) is 0 Å². The predicted octanol–water partition coefficient (Wildman–Crippen LogP) is 1.17. The summed E-state index contributed by atoms with van der Waals surface area (Å²) < 4.78 is 0. The van der Waals surface area contributed by atoms with E-state index in [-0.39, 0.29) is 6.10 Å². The first-order valence-corrected chi connectivity index (χ1v) is 7.32. The van der Waals surface area contributed by atoms with Gasteiger partial charge in [-0.3, -0.25) is 4.90 Å². The number of β-amino-alcohol motifs (C(OH)–C–C–N with tert-alkyl or cyclic N) is 1. The van der Waals surface area contributed by atoms with Gasteiger partial charge in [-0.2, -0.15) is 11.8 Å². The minimum Gasteiger partial charge on any atom is -0.390 e. The van der Waals surface area contributed by atoms with Crippen LogP contribution in [-0.4, -0.2) is 58.8 Å². The zero-order chi connectivity index (χ0) is 12.1. The molecule has 2 N–H and O–H groups in total. The van der Waals surface area contributed by atoms with E-state index in [1.54, 1.807) is 0 Å². The maximum Gasteiger partial charge on any atom is 0.0791 e. The topological polar surface area (TPSA) is 35.5 Å². The normalized spacial score (nSPS) is 29.6. The highest BCUT2D eigenvalue weighted by Gasteiger charge is 2.26. The van der Waals surface area contributed by atoms with Crippen LogP contribution < -0.4 is 5.32 Å². The Morgan fingerprint density at radius 3 is 2.75 bits per heavy atom.